The van der Waals surface area contributed by atoms with Gasteiger partial charge in [-0.05, 0) is 41.8 Å². The highest BCUT2D eigenvalue weighted by Crippen LogP contribution is 2.24. The molecule has 0 aliphatic carbocycles. The number of hydrogen-bond donors (Lipinski definition) is 0. The molecule has 0 aliphatic rings. The molecule has 0 radical (unpaired) electrons. The number of methoxy groups -OCH3 is 2. The second-order valence-electron chi connectivity index (χ2n) is 5.49. The molecule has 0 N–H and O–H groups in total. The van der Waals surface area contributed by atoms with Crippen LogP contribution in [0.15, 0.2) is 42.5 Å². The van der Waals surface area contributed by atoms with Crippen LogP contribution >= 0.6 is 0 Å². The van der Waals surface area contributed by atoms with E-state index in [-0.39, 0.29) is 23.7 Å². The molecule has 0 spiro atoms. The van der Waals surface area contributed by atoms with Gasteiger partial charge in [0.1, 0.15) is 11.6 Å². The van der Waals surface area contributed by atoms with Crippen molar-refractivity contribution in [3.8, 4) is 5.75 Å². The predicted octanol–water partition coefficient (Wildman–Crippen LogP) is 4.00. The molecule has 1 unspecified atom stereocenters. The zero-order chi connectivity index (χ0) is 17.7. The molecule has 2 rings (SSSR count). The van der Waals surface area contributed by atoms with Gasteiger partial charge in [-0.15, -0.1) is 0 Å². The first-order valence-corrected chi connectivity index (χ1v) is 7.51. The van der Waals surface area contributed by atoms with E-state index in [9.17, 15) is 14.0 Å². The van der Waals surface area contributed by atoms with Gasteiger partial charge < -0.3 is 9.47 Å². The van der Waals surface area contributed by atoms with E-state index < -0.39 is 11.8 Å². The van der Waals surface area contributed by atoms with Crippen molar-refractivity contribution in [2.45, 2.75) is 19.3 Å². The van der Waals surface area contributed by atoms with E-state index in [2.05, 4.69) is 4.74 Å². The molecule has 4 nitrogen and oxygen atoms in total. The van der Waals surface area contributed by atoms with Gasteiger partial charge in [-0.1, -0.05) is 19.1 Å². The van der Waals surface area contributed by atoms with Crippen LogP contribution in [0.3, 0.4) is 0 Å². The molecule has 24 heavy (non-hydrogen) atoms. The Hall–Kier alpha value is -2.69. The lowest BCUT2D eigenvalue weighted by Gasteiger charge is -2.12. The van der Waals surface area contributed by atoms with Crippen molar-refractivity contribution < 1.29 is 23.5 Å². The zero-order valence-corrected chi connectivity index (χ0v) is 13.8. The average molecular weight is 330 g/mol. The Bertz CT molecular complexity index is 738. The van der Waals surface area contributed by atoms with Crippen LogP contribution in [0.1, 0.15) is 45.5 Å². The number of halogens is 1. The minimum Gasteiger partial charge on any atom is -0.497 e. The summed E-state index contributed by atoms with van der Waals surface area (Å²) in [6.45, 7) is 1.88. The molecule has 2 aromatic rings. The number of carbonyl (C=O) groups is 2. The first-order valence-electron chi connectivity index (χ1n) is 7.51. The maximum atomic E-state index is 13.9. The smallest absolute Gasteiger partial charge is 0.337 e. The van der Waals surface area contributed by atoms with Crippen LogP contribution in [0.2, 0.25) is 0 Å². The van der Waals surface area contributed by atoms with Gasteiger partial charge in [-0.25, -0.2) is 9.18 Å². The Kier molecular flexibility index (Phi) is 5.68. The van der Waals surface area contributed by atoms with Crippen molar-refractivity contribution in [2.75, 3.05) is 14.2 Å². The summed E-state index contributed by atoms with van der Waals surface area (Å²) in [5.74, 6) is -0.946. The van der Waals surface area contributed by atoms with Crippen LogP contribution in [-0.4, -0.2) is 26.0 Å². The lowest BCUT2D eigenvalue weighted by atomic mass is 9.92. The number of ketones is 1. The molecule has 0 aromatic heterocycles. The van der Waals surface area contributed by atoms with Crippen LogP contribution in [0.25, 0.3) is 0 Å². The Morgan fingerprint density at radius 2 is 1.75 bits per heavy atom. The molecule has 0 saturated carbocycles. The fourth-order valence-corrected chi connectivity index (χ4v) is 2.42. The summed E-state index contributed by atoms with van der Waals surface area (Å²) in [7, 11) is 2.78. The first kappa shape index (κ1) is 17.7. The first-order chi connectivity index (χ1) is 11.5. The van der Waals surface area contributed by atoms with Gasteiger partial charge in [-0.3, -0.25) is 4.79 Å². The number of hydrogen-bond acceptors (Lipinski definition) is 4. The third-order valence-electron chi connectivity index (χ3n) is 3.87. The fraction of sp³-hybridized carbons (Fsp3) is 0.263. The lowest BCUT2D eigenvalue weighted by Crippen LogP contribution is -2.08. The lowest BCUT2D eigenvalue weighted by molar-refractivity contribution is 0.0600. The SMILES string of the molecule is COC(=O)c1ccc(C(C)CC(=O)c2cc(OC)ccc2F)cc1. The molecule has 2 aromatic carbocycles. The maximum absolute atomic E-state index is 13.9. The summed E-state index contributed by atoms with van der Waals surface area (Å²) < 4.78 is 23.5. The van der Waals surface area contributed by atoms with Crippen molar-refractivity contribution in [3.63, 3.8) is 0 Å². The Labute approximate surface area is 140 Å². The van der Waals surface area contributed by atoms with Crippen molar-refractivity contribution in [2.24, 2.45) is 0 Å². The van der Waals surface area contributed by atoms with Gasteiger partial charge in [0.05, 0.1) is 25.3 Å². The summed E-state index contributed by atoms with van der Waals surface area (Å²) in [4.78, 5) is 23.8. The number of rotatable bonds is 6. The molecule has 0 saturated heterocycles. The van der Waals surface area contributed by atoms with Gasteiger partial charge in [0.25, 0.3) is 0 Å². The van der Waals surface area contributed by atoms with Gasteiger partial charge in [0.2, 0.25) is 0 Å². The van der Waals surface area contributed by atoms with Crippen LogP contribution < -0.4 is 4.74 Å². The van der Waals surface area contributed by atoms with Crippen molar-refractivity contribution >= 4 is 11.8 Å². The van der Waals surface area contributed by atoms with Crippen LogP contribution in [0.4, 0.5) is 4.39 Å². The highest BCUT2D eigenvalue weighted by Gasteiger charge is 2.17. The van der Waals surface area contributed by atoms with E-state index in [4.69, 9.17) is 4.74 Å². The van der Waals surface area contributed by atoms with Crippen LogP contribution in [0, 0.1) is 5.82 Å². The van der Waals surface area contributed by atoms with E-state index in [1.165, 1.54) is 32.4 Å². The Morgan fingerprint density at radius 1 is 1.08 bits per heavy atom. The quantitative estimate of drug-likeness (QED) is 0.593. The number of ether oxygens (including phenoxy) is 2. The standard InChI is InChI=1S/C19H19FO4/c1-12(13-4-6-14(7-5-13)19(22)24-3)10-18(21)16-11-15(23-2)8-9-17(16)20/h4-9,11-12H,10H2,1-3H3. The Morgan fingerprint density at radius 3 is 2.33 bits per heavy atom. The monoisotopic (exact) mass is 330 g/mol. The molecule has 0 heterocycles. The van der Waals surface area contributed by atoms with Gasteiger partial charge in [-0.2, -0.15) is 0 Å². The van der Waals surface area contributed by atoms with Gasteiger partial charge in [0.15, 0.2) is 5.78 Å². The summed E-state index contributed by atoms with van der Waals surface area (Å²) in [6.07, 6.45) is 0.154. The number of Topliss-reactive ketones (excluding diaryl/α,β-unsaturated/α-hetero) is 1. The number of benzene rings is 2. The molecular weight excluding hydrogens is 311 g/mol. The molecular formula is C19H19FO4. The van der Waals surface area contributed by atoms with Crippen LogP contribution in [0.5, 0.6) is 5.75 Å². The molecule has 0 bridgehead atoms. The highest BCUT2D eigenvalue weighted by molar-refractivity contribution is 5.97. The maximum Gasteiger partial charge on any atom is 0.337 e. The number of carbonyl (C=O) groups excluding carboxylic acids is 2. The minimum absolute atomic E-state index is 0.0207. The van der Waals surface area contributed by atoms with E-state index in [0.29, 0.717) is 11.3 Å². The average Bonchev–Trinajstić information content (AvgIpc) is 2.61. The minimum atomic E-state index is -0.561. The third-order valence-corrected chi connectivity index (χ3v) is 3.87. The molecule has 0 fully saturated rings. The van der Waals surface area contributed by atoms with Crippen molar-refractivity contribution in [3.05, 3.63) is 65.0 Å². The summed E-state index contributed by atoms with van der Waals surface area (Å²) >= 11 is 0. The molecule has 0 amide bonds. The fourth-order valence-electron chi connectivity index (χ4n) is 2.42. The second kappa shape index (κ2) is 7.73. The summed E-state index contributed by atoms with van der Waals surface area (Å²) in [5.41, 5.74) is 1.35. The third kappa shape index (κ3) is 3.98. The van der Waals surface area contributed by atoms with Gasteiger partial charge >= 0.3 is 5.97 Å². The molecule has 5 heteroatoms. The van der Waals surface area contributed by atoms with Crippen molar-refractivity contribution in [1.29, 1.82) is 0 Å². The second-order valence-corrected chi connectivity index (χ2v) is 5.49. The molecule has 126 valence electrons. The summed E-state index contributed by atoms with van der Waals surface area (Å²) in [6, 6.07) is 10.9. The molecule has 1 atom stereocenters. The van der Waals surface area contributed by atoms with Crippen LogP contribution in [-0.2, 0) is 4.74 Å². The Balaban J connectivity index is 2.12. The highest BCUT2D eigenvalue weighted by atomic mass is 19.1. The van der Waals surface area contributed by atoms with Crippen molar-refractivity contribution in [1.82, 2.24) is 0 Å². The van der Waals surface area contributed by atoms with E-state index >= 15 is 0 Å². The normalized spacial score (nSPS) is 11.7. The van der Waals surface area contributed by atoms with Gasteiger partial charge in [0, 0.05) is 6.42 Å². The van der Waals surface area contributed by atoms with E-state index in [1.807, 2.05) is 6.92 Å². The molecule has 0 aliphatic heterocycles. The summed E-state index contributed by atoms with van der Waals surface area (Å²) in [5, 5.41) is 0. The zero-order valence-electron chi connectivity index (χ0n) is 13.8. The predicted molar refractivity (Wildman–Crippen MR) is 88.1 cm³/mol. The number of esters is 1. The largest absolute Gasteiger partial charge is 0.497 e. The van der Waals surface area contributed by atoms with E-state index in [0.717, 1.165) is 5.56 Å². The van der Waals surface area contributed by atoms with E-state index in [1.54, 1.807) is 24.3 Å². The topological polar surface area (TPSA) is 52.6 Å².